The fraction of sp³-hybridized carbons (Fsp3) is 0.714. The van der Waals surface area contributed by atoms with E-state index in [4.69, 9.17) is 14.7 Å². The lowest BCUT2D eigenvalue weighted by atomic mass is 9.88. The molecule has 0 bridgehead atoms. The minimum absolute atomic E-state index is 0.0794. The fourth-order valence-electron chi connectivity index (χ4n) is 2.35. The van der Waals surface area contributed by atoms with Crippen LogP contribution in [0, 0.1) is 11.3 Å². The highest BCUT2D eigenvalue weighted by atomic mass is 16.7. The number of nitrogens with zero attached hydrogens (tertiary/aromatic N) is 2. The molecule has 0 atom stereocenters. The van der Waals surface area contributed by atoms with Gasteiger partial charge in [-0.1, -0.05) is 20.8 Å². The van der Waals surface area contributed by atoms with Crippen LogP contribution in [0.5, 0.6) is 0 Å². The monoisotopic (exact) mass is 279 g/mol. The zero-order valence-electron chi connectivity index (χ0n) is 12.2. The molecule has 0 radical (unpaired) electrons. The third-order valence-corrected chi connectivity index (χ3v) is 3.31. The average Bonchev–Trinajstić information content (AvgIpc) is 2.97. The summed E-state index contributed by atoms with van der Waals surface area (Å²) in [5.74, 6) is 0. The third-order valence-electron chi connectivity index (χ3n) is 3.31. The number of nitriles is 1. The van der Waals surface area contributed by atoms with Crippen molar-refractivity contribution in [3.05, 3.63) is 21.6 Å². The van der Waals surface area contributed by atoms with E-state index in [1.54, 1.807) is 0 Å². The third kappa shape index (κ3) is 3.11. The van der Waals surface area contributed by atoms with E-state index >= 15 is 0 Å². The molecule has 6 nitrogen and oxygen atoms in total. The molecule has 110 valence electrons. The molecule has 1 fully saturated rings. The zero-order valence-corrected chi connectivity index (χ0v) is 12.2. The number of nitrogens with one attached hydrogen (secondary N) is 1. The van der Waals surface area contributed by atoms with Gasteiger partial charge in [-0.25, -0.2) is 4.68 Å². The van der Waals surface area contributed by atoms with Crippen molar-refractivity contribution >= 4 is 0 Å². The van der Waals surface area contributed by atoms with Crippen molar-refractivity contribution in [3.63, 3.8) is 0 Å². The van der Waals surface area contributed by atoms with Gasteiger partial charge in [0.15, 0.2) is 6.29 Å². The van der Waals surface area contributed by atoms with E-state index in [1.165, 1.54) is 4.68 Å². The zero-order chi connectivity index (χ0) is 14.8. The molecule has 0 saturated carbocycles. The van der Waals surface area contributed by atoms with Gasteiger partial charge in [-0.15, -0.1) is 0 Å². The van der Waals surface area contributed by atoms with E-state index in [2.05, 4.69) is 11.2 Å². The van der Waals surface area contributed by atoms with E-state index in [0.29, 0.717) is 38.2 Å². The summed E-state index contributed by atoms with van der Waals surface area (Å²) in [6, 6.07) is 2.09. The van der Waals surface area contributed by atoms with Crippen LogP contribution in [-0.4, -0.2) is 29.3 Å². The number of aromatic nitrogens is 2. The number of hydrogen-bond acceptors (Lipinski definition) is 4. The molecule has 2 rings (SSSR count). The number of hydrogen-bond donors (Lipinski definition) is 1. The highest BCUT2D eigenvalue weighted by molar-refractivity contribution is 5.25. The second kappa shape index (κ2) is 5.81. The van der Waals surface area contributed by atoms with Gasteiger partial charge in [0, 0.05) is 23.1 Å². The van der Waals surface area contributed by atoms with E-state index in [0.717, 1.165) is 5.69 Å². The summed E-state index contributed by atoms with van der Waals surface area (Å²) in [7, 11) is 0. The second-order valence-corrected chi connectivity index (χ2v) is 5.96. The van der Waals surface area contributed by atoms with Crippen molar-refractivity contribution in [2.75, 3.05) is 13.2 Å². The van der Waals surface area contributed by atoms with Crippen molar-refractivity contribution < 1.29 is 9.47 Å². The van der Waals surface area contributed by atoms with Crippen LogP contribution in [0.2, 0.25) is 0 Å². The van der Waals surface area contributed by atoms with E-state index in [-0.39, 0.29) is 17.3 Å². The molecule has 0 unspecified atom stereocenters. The highest BCUT2D eigenvalue weighted by Gasteiger charge is 2.26. The molecule has 0 aliphatic carbocycles. The normalized spacial score (nSPS) is 16.5. The second-order valence-electron chi connectivity index (χ2n) is 5.96. The number of rotatable bonds is 4. The molecule has 20 heavy (non-hydrogen) atoms. The molecule has 1 aromatic heterocycles. The summed E-state index contributed by atoms with van der Waals surface area (Å²) in [4.78, 5) is 12.4. The maximum absolute atomic E-state index is 12.4. The van der Waals surface area contributed by atoms with Crippen LogP contribution < -0.4 is 5.56 Å². The van der Waals surface area contributed by atoms with Gasteiger partial charge in [0.2, 0.25) is 0 Å². The molecule has 1 N–H and O–H groups in total. The summed E-state index contributed by atoms with van der Waals surface area (Å²) in [6.45, 7) is 7.61. The van der Waals surface area contributed by atoms with E-state index in [9.17, 15) is 4.79 Å². The summed E-state index contributed by atoms with van der Waals surface area (Å²) in [6.07, 6.45) is 0.438. The summed E-state index contributed by atoms with van der Waals surface area (Å²) in [5, 5.41) is 11.9. The van der Waals surface area contributed by atoms with Gasteiger partial charge < -0.3 is 9.47 Å². The summed E-state index contributed by atoms with van der Waals surface area (Å²) in [5.41, 5.74) is 1.32. The molecule has 0 amide bonds. The Morgan fingerprint density at radius 3 is 2.60 bits per heavy atom. The van der Waals surface area contributed by atoms with Gasteiger partial charge in [-0.2, -0.15) is 5.26 Å². The van der Waals surface area contributed by atoms with Gasteiger partial charge in [-0.05, 0) is 6.42 Å². The maximum Gasteiger partial charge on any atom is 0.270 e. The minimum atomic E-state index is -0.372. The largest absolute Gasteiger partial charge is 0.348 e. The number of ether oxygens (including phenoxy) is 2. The van der Waals surface area contributed by atoms with Crippen LogP contribution >= 0.6 is 0 Å². The van der Waals surface area contributed by atoms with Crippen molar-refractivity contribution in [1.82, 2.24) is 9.78 Å². The van der Waals surface area contributed by atoms with Crippen LogP contribution in [0.1, 0.15) is 38.4 Å². The summed E-state index contributed by atoms with van der Waals surface area (Å²) >= 11 is 0. The standard InChI is InChI=1S/C14H21N3O3/c1-14(2,3)12-10(5-4-6-15)13(18)17(16-12)9-11-19-7-8-20-11/h11,16H,4-5,7-9H2,1-3H3. The molecule has 0 spiro atoms. The first-order valence-electron chi connectivity index (χ1n) is 6.86. The molecule has 2 heterocycles. The Labute approximate surface area is 118 Å². The van der Waals surface area contributed by atoms with Crippen molar-refractivity contribution in [1.29, 1.82) is 5.26 Å². The van der Waals surface area contributed by atoms with Gasteiger partial charge in [0.05, 0.1) is 25.8 Å². The Hall–Kier alpha value is -1.58. The van der Waals surface area contributed by atoms with Crippen LogP contribution in [0.25, 0.3) is 0 Å². The van der Waals surface area contributed by atoms with Gasteiger partial charge in [0.1, 0.15) is 0 Å². The average molecular weight is 279 g/mol. The fourth-order valence-corrected chi connectivity index (χ4v) is 2.35. The molecular weight excluding hydrogens is 258 g/mol. The quantitative estimate of drug-likeness (QED) is 0.901. The highest BCUT2D eigenvalue weighted by Crippen LogP contribution is 2.23. The van der Waals surface area contributed by atoms with E-state index in [1.807, 2.05) is 20.8 Å². The predicted molar refractivity (Wildman–Crippen MR) is 73.4 cm³/mol. The van der Waals surface area contributed by atoms with Gasteiger partial charge in [-0.3, -0.25) is 9.89 Å². The Kier molecular flexibility index (Phi) is 4.31. The van der Waals surface area contributed by atoms with Gasteiger partial charge in [0.25, 0.3) is 5.56 Å². The molecular formula is C14H21N3O3. The first kappa shape index (κ1) is 14.8. The lowest BCUT2D eigenvalue weighted by molar-refractivity contribution is -0.0552. The predicted octanol–water partition coefficient (Wildman–Crippen LogP) is 1.30. The molecule has 1 aliphatic heterocycles. The van der Waals surface area contributed by atoms with Crippen LogP contribution in [-0.2, 0) is 27.9 Å². The molecule has 6 heteroatoms. The molecule has 0 aromatic carbocycles. The summed E-state index contributed by atoms with van der Waals surface area (Å²) < 4.78 is 12.3. The lowest BCUT2D eigenvalue weighted by Gasteiger charge is -2.18. The van der Waals surface area contributed by atoms with Gasteiger partial charge >= 0.3 is 0 Å². The van der Waals surface area contributed by atoms with Crippen molar-refractivity contribution in [2.24, 2.45) is 0 Å². The Morgan fingerprint density at radius 2 is 2.05 bits per heavy atom. The van der Waals surface area contributed by atoms with Crippen molar-refractivity contribution in [2.45, 2.75) is 51.9 Å². The first-order chi connectivity index (χ1) is 9.43. The van der Waals surface area contributed by atoms with Crippen molar-refractivity contribution in [3.8, 4) is 6.07 Å². The SMILES string of the molecule is CC(C)(C)c1[nH]n(CC2OCCO2)c(=O)c1CCC#N. The van der Waals surface area contributed by atoms with Crippen LogP contribution in [0.3, 0.4) is 0 Å². The topological polar surface area (TPSA) is 80.0 Å². The lowest BCUT2D eigenvalue weighted by Crippen LogP contribution is -2.26. The van der Waals surface area contributed by atoms with Crippen LogP contribution in [0.15, 0.2) is 4.79 Å². The molecule has 1 aromatic rings. The maximum atomic E-state index is 12.4. The number of H-pyrrole nitrogens is 1. The Bertz CT molecular complexity index is 554. The van der Waals surface area contributed by atoms with E-state index < -0.39 is 0 Å². The smallest absolute Gasteiger partial charge is 0.270 e. The first-order valence-corrected chi connectivity index (χ1v) is 6.86. The number of aromatic amines is 1. The molecule has 1 aliphatic rings. The van der Waals surface area contributed by atoms with Crippen LogP contribution in [0.4, 0.5) is 0 Å². The molecule has 1 saturated heterocycles. The minimum Gasteiger partial charge on any atom is -0.348 e. The Morgan fingerprint density at radius 1 is 1.40 bits per heavy atom. The Balaban J connectivity index is 2.31.